The predicted molar refractivity (Wildman–Crippen MR) is 110 cm³/mol. The second-order valence-corrected chi connectivity index (χ2v) is 6.45. The lowest BCUT2D eigenvalue weighted by Gasteiger charge is -2.12. The molecule has 0 aliphatic rings. The second-order valence-electron chi connectivity index (χ2n) is 6.45. The molecule has 27 heavy (non-hydrogen) atoms. The molecule has 0 unspecified atom stereocenters. The van der Waals surface area contributed by atoms with Gasteiger partial charge in [0.15, 0.2) is 0 Å². The van der Waals surface area contributed by atoms with Crippen LogP contribution >= 0.6 is 0 Å². The van der Waals surface area contributed by atoms with Gasteiger partial charge in [-0.05, 0) is 43.0 Å². The standard InChI is InChI=1S/C22H26N4O/c1-16-8-4-5-10-19(16)15-24-22-14-21(25-17(2)26-22)23-13-12-18-9-6-7-11-20(18)27-3/h4-11,14H,12-13,15H2,1-3H3,(H2,23,24,25,26). The third-order valence-electron chi connectivity index (χ3n) is 4.45. The number of rotatable bonds is 8. The van der Waals surface area contributed by atoms with Gasteiger partial charge in [0.05, 0.1) is 7.11 Å². The maximum Gasteiger partial charge on any atom is 0.132 e. The van der Waals surface area contributed by atoms with Gasteiger partial charge in [0, 0.05) is 19.2 Å². The zero-order valence-electron chi connectivity index (χ0n) is 16.1. The Bertz CT molecular complexity index is 895. The van der Waals surface area contributed by atoms with Crippen LogP contribution in [0.15, 0.2) is 54.6 Å². The average molecular weight is 362 g/mol. The molecule has 0 fully saturated rings. The van der Waals surface area contributed by atoms with Crippen molar-refractivity contribution in [3.05, 3.63) is 77.1 Å². The number of hydrogen-bond acceptors (Lipinski definition) is 5. The first-order valence-corrected chi connectivity index (χ1v) is 9.15. The number of anilines is 2. The number of aromatic nitrogens is 2. The zero-order valence-corrected chi connectivity index (χ0v) is 16.1. The summed E-state index contributed by atoms with van der Waals surface area (Å²) in [7, 11) is 1.70. The van der Waals surface area contributed by atoms with Crippen molar-refractivity contribution in [3.8, 4) is 5.75 Å². The minimum absolute atomic E-state index is 0.740. The Kier molecular flexibility index (Phi) is 6.26. The van der Waals surface area contributed by atoms with Crippen LogP contribution in [0.2, 0.25) is 0 Å². The van der Waals surface area contributed by atoms with E-state index in [9.17, 15) is 0 Å². The number of ether oxygens (including phenoxy) is 1. The van der Waals surface area contributed by atoms with Gasteiger partial charge in [-0.15, -0.1) is 0 Å². The first-order valence-electron chi connectivity index (χ1n) is 9.15. The SMILES string of the molecule is COc1ccccc1CCNc1cc(NCc2ccccc2C)nc(C)n1. The summed E-state index contributed by atoms with van der Waals surface area (Å²) in [6, 6.07) is 18.4. The lowest BCUT2D eigenvalue weighted by molar-refractivity contribution is 0.410. The minimum Gasteiger partial charge on any atom is -0.496 e. The molecule has 0 aliphatic carbocycles. The Morgan fingerprint density at radius 3 is 2.26 bits per heavy atom. The molecule has 2 aromatic carbocycles. The van der Waals surface area contributed by atoms with E-state index in [1.54, 1.807) is 7.11 Å². The molecule has 0 atom stereocenters. The maximum atomic E-state index is 5.41. The van der Waals surface area contributed by atoms with Gasteiger partial charge in [0.1, 0.15) is 23.2 Å². The smallest absolute Gasteiger partial charge is 0.132 e. The third kappa shape index (κ3) is 5.20. The van der Waals surface area contributed by atoms with E-state index in [2.05, 4.69) is 57.9 Å². The molecule has 1 aromatic heterocycles. The van der Waals surface area contributed by atoms with Crippen molar-refractivity contribution in [1.29, 1.82) is 0 Å². The molecule has 0 amide bonds. The van der Waals surface area contributed by atoms with Gasteiger partial charge in [-0.25, -0.2) is 9.97 Å². The molecule has 0 saturated heterocycles. The number of benzene rings is 2. The first kappa shape index (κ1) is 18.7. The van der Waals surface area contributed by atoms with Crippen LogP contribution in [0, 0.1) is 13.8 Å². The topological polar surface area (TPSA) is 59.1 Å². The van der Waals surface area contributed by atoms with Crippen LogP contribution in [0.3, 0.4) is 0 Å². The first-order chi connectivity index (χ1) is 13.2. The number of para-hydroxylation sites is 1. The van der Waals surface area contributed by atoms with Crippen LogP contribution in [0.5, 0.6) is 5.75 Å². The largest absolute Gasteiger partial charge is 0.496 e. The number of methoxy groups -OCH3 is 1. The van der Waals surface area contributed by atoms with Crippen LogP contribution in [0.1, 0.15) is 22.5 Å². The van der Waals surface area contributed by atoms with E-state index in [4.69, 9.17) is 4.74 Å². The van der Waals surface area contributed by atoms with Crippen molar-refractivity contribution in [3.63, 3.8) is 0 Å². The highest BCUT2D eigenvalue weighted by Gasteiger charge is 2.05. The minimum atomic E-state index is 0.740. The molecule has 5 heteroatoms. The summed E-state index contributed by atoms with van der Waals surface area (Å²) in [4.78, 5) is 8.98. The molecule has 0 bridgehead atoms. The second kappa shape index (κ2) is 9.03. The van der Waals surface area contributed by atoms with Crippen molar-refractivity contribution in [2.45, 2.75) is 26.8 Å². The third-order valence-corrected chi connectivity index (χ3v) is 4.45. The predicted octanol–water partition coefficient (Wildman–Crippen LogP) is 4.37. The van der Waals surface area contributed by atoms with Gasteiger partial charge < -0.3 is 15.4 Å². The van der Waals surface area contributed by atoms with E-state index in [0.717, 1.165) is 42.7 Å². The molecule has 2 N–H and O–H groups in total. The van der Waals surface area contributed by atoms with Gasteiger partial charge in [-0.3, -0.25) is 0 Å². The molecule has 3 rings (SSSR count). The molecule has 140 valence electrons. The number of nitrogens with zero attached hydrogens (tertiary/aromatic N) is 2. The fourth-order valence-corrected chi connectivity index (χ4v) is 2.98. The van der Waals surface area contributed by atoms with Gasteiger partial charge in [0.2, 0.25) is 0 Å². The summed E-state index contributed by atoms with van der Waals surface area (Å²) in [6.07, 6.45) is 0.860. The molecule has 1 heterocycles. The highest BCUT2D eigenvalue weighted by molar-refractivity contribution is 5.48. The Balaban J connectivity index is 1.60. The summed E-state index contributed by atoms with van der Waals surface area (Å²) in [5, 5.41) is 6.79. The lowest BCUT2D eigenvalue weighted by Crippen LogP contribution is -2.10. The fourth-order valence-electron chi connectivity index (χ4n) is 2.98. The average Bonchev–Trinajstić information content (AvgIpc) is 2.67. The molecular formula is C22H26N4O. The van der Waals surface area contributed by atoms with E-state index in [-0.39, 0.29) is 0 Å². The van der Waals surface area contributed by atoms with E-state index in [1.807, 2.05) is 31.2 Å². The van der Waals surface area contributed by atoms with Gasteiger partial charge in [0.25, 0.3) is 0 Å². The van der Waals surface area contributed by atoms with Crippen molar-refractivity contribution >= 4 is 11.6 Å². The summed E-state index contributed by atoms with van der Waals surface area (Å²) < 4.78 is 5.41. The normalized spacial score (nSPS) is 10.5. The van der Waals surface area contributed by atoms with Crippen LogP contribution in [-0.4, -0.2) is 23.6 Å². The highest BCUT2D eigenvalue weighted by atomic mass is 16.5. The van der Waals surface area contributed by atoms with Crippen LogP contribution < -0.4 is 15.4 Å². The van der Waals surface area contributed by atoms with Gasteiger partial charge in [-0.1, -0.05) is 42.5 Å². The molecule has 0 spiro atoms. The number of hydrogen-bond donors (Lipinski definition) is 2. The number of nitrogens with one attached hydrogen (secondary N) is 2. The monoisotopic (exact) mass is 362 g/mol. The maximum absolute atomic E-state index is 5.41. The van der Waals surface area contributed by atoms with Crippen LogP contribution in [0.25, 0.3) is 0 Å². The van der Waals surface area contributed by atoms with E-state index in [1.165, 1.54) is 16.7 Å². The lowest BCUT2D eigenvalue weighted by atomic mass is 10.1. The Morgan fingerprint density at radius 1 is 0.852 bits per heavy atom. The number of aryl methyl sites for hydroxylation is 2. The van der Waals surface area contributed by atoms with Crippen LogP contribution in [-0.2, 0) is 13.0 Å². The molecule has 5 nitrogen and oxygen atoms in total. The van der Waals surface area contributed by atoms with Gasteiger partial charge in [-0.2, -0.15) is 0 Å². The summed E-state index contributed by atoms with van der Waals surface area (Å²) in [5.41, 5.74) is 3.71. The molecule has 3 aromatic rings. The summed E-state index contributed by atoms with van der Waals surface area (Å²) >= 11 is 0. The molecule has 0 aliphatic heterocycles. The Labute approximate surface area is 160 Å². The van der Waals surface area contributed by atoms with Crippen LogP contribution in [0.4, 0.5) is 11.6 Å². The molecular weight excluding hydrogens is 336 g/mol. The van der Waals surface area contributed by atoms with E-state index < -0.39 is 0 Å². The summed E-state index contributed by atoms with van der Waals surface area (Å²) in [6.45, 7) is 5.54. The van der Waals surface area contributed by atoms with Crippen molar-refractivity contribution < 1.29 is 4.74 Å². The van der Waals surface area contributed by atoms with E-state index in [0.29, 0.717) is 0 Å². The Morgan fingerprint density at radius 2 is 1.52 bits per heavy atom. The summed E-state index contributed by atoms with van der Waals surface area (Å²) in [5.74, 6) is 3.30. The van der Waals surface area contributed by atoms with Crippen molar-refractivity contribution in [1.82, 2.24) is 9.97 Å². The highest BCUT2D eigenvalue weighted by Crippen LogP contribution is 2.18. The molecule has 0 radical (unpaired) electrons. The molecule has 0 saturated carbocycles. The zero-order chi connectivity index (χ0) is 19.1. The van der Waals surface area contributed by atoms with E-state index >= 15 is 0 Å². The van der Waals surface area contributed by atoms with Crippen molar-refractivity contribution in [2.75, 3.05) is 24.3 Å². The Hall–Kier alpha value is -3.08. The van der Waals surface area contributed by atoms with Gasteiger partial charge >= 0.3 is 0 Å². The quantitative estimate of drug-likeness (QED) is 0.623. The fraction of sp³-hybridized carbons (Fsp3) is 0.273. The van der Waals surface area contributed by atoms with Crippen molar-refractivity contribution in [2.24, 2.45) is 0 Å².